The second-order valence-corrected chi connectivity index (χ2v) is 8.91. The van der Waals surface area contributed by atoms with Gasteiger partial charge in [-0.1, -0.05) is 54.6 Å². The molecule has 1 aliphatic heterocycles. The third-order valence-corrected chi connectivity index (χ3v) is 6.88. The number of fused-ring (bicyclic) bond motifs is 2. The number of likely N-dealkylation sites (tertiary alicyclic amines) is 1. The normalized spacial score (nSPS) is 14.8. The van der Waals surface area contributed by atoms with E-state index >= 15 is 0 Å². The molecule has 0 atom stereocenters. The summed E-state index contributed by atoms with van der Waals surface area (Å²) in [5.74, 6) is 0.562. The largest absolute Gasteiger partial charge is 0.384 e. The van der Waals surface area contributed by atoms with E-state index < -0.39 is 0 Å². The number of amidine groups is 1. The third kappa shape index (κ3) is 3.98. The lowest BCUT2D eigenvalue weighted by Crippen LogP contribution is -2.40. The van der Waals surface area contributed by atoms with Gasteiger partial charge in [-0.25, -0.2) is 0 Å². The Morgan fingerprint density at radius 1 is 0.970 bits per heavy atom. The Kier molecular flexibility index (Phi) is 5.60. The number of amides is 1. The number of rotatable bonds is 5. The Morgan fingerprint density at radius 2 is 1.73 bits per heavy atom. The fourth-order valence-electron chi connectivity index (χ4n) is 4.90. The first kappa shape index (κ1) is 21.2. The standard InChI is InChI=1S/C27H29N5O/c28-16-18-10-12-31(13-11-18)27(33)25-14-20-8-9-21(26(29)30)15-24(20)32(25)17-22-6-3-5-19-4-1-2-7-23(19)22/h1-9,14-15,18H,10-13,16-17,28H2,(H3,29,30). The smallest absolute Gasteiger partial charge is 0.270 e. The molecule has 0 radical (unpaired) electrons. The molecule has 0 spiro atoms. The highest BCUT2D eigenvalue weighted by atomic mass is 16.2. The van der Waals surface area contributed by atoms with E-state index in [1.165, 1.54) is 10.8 Å². The van der Waals surface area contributed by atoms with Crippen LogP contribution in [0.3, 0.4) is 0 Å². The van der Waals surface area contributed by atoms with Crippen molar-refractivity contribution in [3.05, 3.63) is 83.6 Å². The molecule has 1 aromatic heterocycles. The number of carbonyl (C=O) groups is 1. The van der Waals surface area contributed by atoms with Gasteiger partial charge in [-0.15, -0.1) is 0 Å². The molecule has 6 nitrogen and oxygen atoms in total. The fraction of sp³-hybridized carbons (Fsp3) is 0.259. The maximum Gasteiger partial charge on any atom is 0.270 e. The van der Waals surface area contributed by atoms with Gasteiger partial charge in [0.15, 0.2) is 0 Å². The Balaban J connectivity index is 1.61. The molecule has 168 valence electrons. The quantitative estimate of drug-likeness (QED) is 0.324. The van der Waals surface area contributed by atoms with Crippen LogP contribution < -0.4 is 11.5 Å². The molecule has 2 heterocycles. The molecule has 5 N–H and O–H groups in total. The van der Waals surface area contributed by atoms with Crippen molar-refractivity contribution < 1.29 is 4.79 Å². The van der Waals surface area contributed by atoms with Crippen LogP contribution in [0.25, 0.3) is 21.7 Å². The summed E-state index contributed by atoms with van der Waals surface area (Å²) in [5, 5.41) is 11.2. The number of hydrogen-bond donors (Lipinski definition) is 3. The maximum absolute atomic E-state index is 13.7. The number of hydrogen-bond acceptors (Lipinski definition) is 3. The van der Waals surface area contributed by atoms with E-state index in [0.29, 0.717) is 30.3 Å². The molecule has 5 rings (SSSR count). The highest BCUT2D eigenvalue weighted by Crippen LogP contribution is 2.28. The van der Waals surface area contributed by atoms with Gasteiger partial charge in [0.2, 0.25) is 0 Å². The number of piperidine rings is 1. The van der Waals surface area contributed by atoms with E-state index in [2.05, 4.69) is 34.9 Å². The first-order chi connectivity index (χ1) is 16.0. The van der Waals surface area contributed by atoms with Gasteiger partial charge in [-0.2, -0.15) is 0 Å². The molecule has 0 aliphatic carbocycles. The molecule has 0 unspecified atom stereocenters. The van der Waals surface area contributed by atoms with Gasteiger partial charge in [0, 0.05) is 36.1 Å². The van der Waals surface area contributed by atoms with E-state index in [1.54, 1.807) is 0 Å². The molecule has 33 heavy (non-hydrogen) atoms. The van der Waals surface area contributed by atoms with Gasteiger partial charge in [0.05, 0.1) is 0 Å². The fourth-order valence-corrected chi connectivity index (χ4v) is 4.90. The van der Waals surface area contributed by atoms with E-state index in [-0.39, 0.29) is 11.7 Å². The summed E-state index contributed by atoms with van der Waals surface area (Å²) in [5.41, 5.74) is 15.0. The Morgan fingerprint density at radius 3 is 2.48 bits per heavy atom. The van der Waals surface area contributed by atoms with Gasteiger partial charge in [-0.05, 0) is 53.8 Å². The number of nitrogens with one attached hydrogen (secondary N) is 1. The number of benzene rings is 3. The summed E-state index contributed by atoms with van der Waals surface area (Å²) in [6, 6.07) is 22.3. The molecule has 6 heteroatoms. The van der Waals surface area contributed by atoms with E-state index in [1.807, 2.05) is 41.3 Å². The van der Waals surface area contributed by atoms with Crippen LogP contribution >= 0.6 is 0 Å². The van der Waals surface area contributed by atoms with E-state index in [9.17, 15) is 4.79 Å². The number of carbonyl (C=O) groups excluding carboxylic acids is 1. The minimum absolute atomic E-state index is 0.0199. The van der Waals surface area contributed by atoms with Crippen molar-refractivity contribution in [2.75, 3.05) is 19.6 Å². The van der Waals surface area contributed by atoms with Crippen LogP contribution in [0.15, 0.2) is 66.7 Å². The topological polar surface area (TPSA) is 101 Å². The molecule has 3 aromatic carbocycles. The van der Waals surface area contributed by atoms with Crippen molar-refractivity contribution in [2.24, 2.45) is 17.4 Å². The third-order valence-electron chi connectivity index (χ3n) is 6.88. The van der Waals surface area contributed by atoms with Crippen LogP contribution in [0.5, 0.6) is 0 Å². The highest BCUT2D eigenvalue weighted by Gasteiger charge is 2.26. The average Bonchev–Trinajstić information content (AvgIpc) is 3.21. The van der Waals surface area contributed by atoms with Gasteiger partial charge in [0.1, 0.15) is 11.5 Å². The van der Waals surface area contributed by atoms with Crippen molar-refractivity contribution in [2.45, 2.75) is 19.4 Å². The average molecular weight is 440 g/mol. The second kappa shape index (κ2) is 8.71. The Labute approximate surface area is 193 Å². The predicted octanol–water partition coefficient (Wildman–Crippen LogP) is 3.94. The lowest BCUT2D eigenvalue weighted by molar-refractivity contribution is 0.0683. The van der Waals surface area contributed by atoms with Crippen molar-refractivity contribution in [3.63, 3.8) is 0 Å². The van der Waals surface area contributed by atoms with Crippen LogP contribution in [-0.2, 0) is 6.54 Å². The number of aromatic nitrogens is 1. The summed E-state index contributed by atoms with van der Waals surface area (Å²) in [4.78, 5) is 15.6. The van der Waals surface area contributed by atoms with Crippen molar-refractivity contribution >= 4 is 33.4 Å². The summed E-state index contributed by atoms with van der Waals surface area (Å²) in [6.45, 7) is 2.70. The van der Waals surface area contributed by atoms with Crippen LogP contribution in [0.4, 0.5) is 0 Å². The molecule has 1 aliphatic rings. The molecular formula is C27H29N5O. The maximum atomic E-state index is 13.7. The lowest BCUT2D eigenvalue weighted by atomic mass is 9.97. The molecule has 0 bridgehead atoms. The van der Waals surface area contributed by atoms with Gasteiger partial charge in [0.25, 0.3) is 5.91 Å². The minimum Gasteiger partial charge on any atom is -0.384 e. The summed E-state index contributed by atoms with van der Waals surface area (Å²) < 4.78 is 2.08. The van der Waals surface area contributed by atoms with E-state index in [0.717, 1.165) is 42.4 Å². The van der Waals surface area contributed by atoms with Crippen molar-refractivity contribution in [1.29, 1.82) is 5.41 Å². The van der Waals surface area contributed by atoms with Gasteiger partial charge >= 0.3 is 0 Å². The first-order valence-electron chi connectivity index (χ1n) is 11.5. The first-order valence-corrected chi connectivity index (χ1v) is 11.5. The van der Waals surface area contributed by atoms with Crippen molar-refractivity contribution in [3.8, 4) is 0 Å². The molecular weight excluding hydrogens is 410 g/mol. The molecule has 0 saturated carbocycles. The van der Waals surface area contributed by atoms with Gasteiger partial charge in [-0.3, -0.25) is 10.2 Å². The zero-order valence-corrected chi connectivity index (χ0v) is 18.6. The van der Waals surface area contributed by atoms with Crippen LogP contribution in [0.1, 0.15) is 34.5 Å². The summed E-state index contributed by atoms with van der Waals surface area (Å²) >= 11 is 0. The monoisotopic (exact) mass is 439 g/mol. The molecule has 1 fully saturated rings. The highest BCUT2D eigenvalue weighted by molar-refractivity contribution is 6.02. The summed E-state index contributed by atoms with van der Waals surface area (Å²) in [6.07, 6.45) is 1.89. The molecule has 1 saturated heterocycles. The zero-order valence-electron chi connectivity index (χ0n) is 18.6. The van der Waals surface area contributed by atoms with Crippen LogP contribution in [0, 0.1) is 11.3 Å². The van der Waals surface area contributed by atoms with Crippen LogP contribution in [-0.4, -0.2) is 40.8 Å². The van der Waals surface area contributed by atoms with E-state index in [4.69, 9.17) is 16.9 Å². The number of nitrogens with zero attached hydrogens (tertiary/aromatic N) is 2. The molecule has 4 aromatic rings. The van der Waals surface area contributed by atoms with Gasteiger partial charge < -0.3 is 20.9 Å². The Hall–Kier alpha value is -3.64. The predicted molar refractivity (Wildman–Crippen MR) is 134 cm³/mol. The number of nitrogen functional groups attached to an aromatic ring is 1. The zero-order chi connectivity index (χ0) is 22.9. The summed E-state index contributed by atoms with van der Waals surface area (Å²) in [7, 11) is 0. The lowest BCUT2D eigenvalue weighted by Gasteiger charge is -2.31. The number of nitrogens with two attached hydrogens (primary N) is 2. The second-order valence-electron chi connectivity index (χ2n) is 8.91. The minimum atomic E-state index is 0.0199. The van der Waals surface area contributed by atoms with Crippen molar-refractivity contribution in [1.82, 2.24) is 9.47 Å². The molecule has 1 amide bonds. The SMILES string of the molecule is N=C(N)c1ccc2cc(C(=O)N3CCC(CN)CC3)n(Cc3cccc4ccccc34)c2c1. The Bertz CT molecular complexity index is 1340. The van der Waals surface area contributed by atoms with Crippen LogP contribution in [0.2, 0.25) is 0 Å².